The topological polar surface area (TPSA) is 42.5 Å². The van der Waals surface area contributed by atoms with Gasteiger partial charge in [0.05, 0.1) is 6.61 Å². The van der Waals surface area contributed by atoms with Crippen LogP contribution in [0.4, 0.5) is 0 Å². The van der Waals surface area contributed by atoms with E-state index < -0.39 is 0 Å². The lowest BCUT2D eigenvalue weighted by molar-refractivity contribution is 0.268. The second kappa shape index (κ2) is 7.99. The first-order valence-corrected chi connectivity index (χ1v) is 8.24. The van der Waals surface area contributed by atoms with Gasteiger partial charge in [-0.1, -0.05) is 36.4 Å². The Morgan fingerprint density at radius 1 is 1.00 bits per heavy atom. The van der Waals surface area contributed by atoms with Crippen LogP contribution in [0, 0.1) is 0 Å². The molecular formula is C19H24N2O2. The van der Waals surface area contributed by atoms with E-state index in [9.17, 15) is 0 Å². The quantitative estimate of drug-likeness (QED) is 0.861. The molecule has 1 saturated heterocycles. The molecule has 4 heteroatoms. The molecule has 1 aliphatic heterocycles. The van der Waals surface area contributed by atoms with Gasteiger partial charge in [-0.15, -0.1) is 0 Å². The summed E-state index contributed by atoms with van der Waals surface area (Å²) >= 11 is 0. The first-order chi connectivity index (χ1) is 11.4. The normalized spacial score (nSPS) is 17.7. The van der Waals surface area contributed by atoms with E-state index in [1.165, 1.54) is 5.56 Å². The Morgan fingerprint density at radius 3 is 2.61 bits per heavy atom. The monoisotopic (exact) mass is 312 g/mol. The predicted octanol–water partition coefficient (Wildman–Crippen LogP) is 2.90. The maximum Gasteiger partial charge on any atom is 0.161 e. The SMILES string of the molecule is CCOc1cc([C@@H]2CNCCN2)ccc1OCc1ccccc1. The van der Waals surface area contributed by atoms with Crippen LogP contribution in [0.3, 0.4) is 0 Å². The van der Waals surface area contributed by atoms with Gasteiger partial charge in [0.1, 0.15) is 6.61 Å². The summed E-state index contributed by atoms with van der Waals surface area (Å²) in [7, 11) is 0. The summed E-state index contributed by atoms with van der Waals surface area (Å²) in [6.07, 6.45) is 0. The average Bonchev–Trinajstić information content (AvgIpc) is 2.62. The van der Waals surface area contributed by atoms with Crippen LogP contribution in [-0.4, -0.2) is 26.2 Å². The molecule has 2 aromatic carbocycles. The third-order valence-corrected chi connectivity index (χ3v) is 3.95. The van der Waals surface area contributed by atoms with Crippen molar-refractivity contribution < 1.29 is 9.47 Å². The summed E-state index contributed by atoms with van der Waals surface area (Å²) in [4.78, 5) is 0. The lowest BCUT2D eigenvalue weighted by Crippen LogP contribution is -2.42. The predicted molar refractivity (Wildman–Crippen MR) is 92.0 cm³/mol. The van der Waals surface area contributed by atoms with Crippen molar-refractivity contribution in [2.45, 2.75) is 19.6 Å². The van der Waals surface area contributed by atoms with E-state index in [1.807, 2.05) is 31.2 Å². The van der Waals surface area contributed by atoms with Crippen LogP contribution in [0.5, 0.6) is 11.5 Å². The maximum absolute atomic E-state index is 5.96. The van der Waals surface area contributed by atoms with E-state index in [0.29, 0.717) is 19.3 Å². The van der Waals surface area contributed by atoms with Crippen molar-refractivity contribution in [2.75, 3.05) is 26.2 Å². The number of benzene rings is 2. The molecule has 1 aliphatic rings. The zero-order valence-electron chi connectivity index (χ0n) is 13.5. The molecule has 2 aromatic rings. The van der Waals surface area contributed by atoms with Crippen LogP contribution in [-0.2, 0) is 6.61 Å². The van der Waals surface area contributed by atoms with Crippen molar-refractivity contribution in [3.8, 4) is 11.5 Å². The number of rotatable bonds is 6. The molecule has 1 atom stereocenters. The van der Waals surface area contributed by atoms with Crippen LogP contribution in [0.15, 0.2) is 48.5 Å². The minimum absolute atomic E-state index is 0.325. The lowest BCUT2D eigenvalue weighted by atomic mass is 10.0. The highest BCUT2D eigenvalue weighted by molar-refractivity contribution is 5.44. The van der Waals surface area contributed by atoms with Gasteiger partial charge >= 0.3 is 0 Å². The van der Waals surface area contributed by atoms with Crippen LogP contribution in [0.25, 0.3) is 0 Å². The Morgan fingerprint density at radius 2 is 1.87 bits per heavy atom. The number of ether oxygens (including phenoxy) is 2. The first kappa shape index (κ1) is 15.8. The summed E-state index contributed by atoms with van der Waals surface area (Å²) < 4.78 is 11.7. The zero-order valence-corrected chi connectivity index (χ0v) is 13.5. The van der Waals surface area contributed by atoms with Crippen LogP contribution < -0.4 is 20.1 Å². The van der Waals surface area contributed by atoms with E-state index in [-0.39, 0.29) is 0 Å². The number of nitrogens with one attached hydrogen (secondary N) is 2. The van der Waals surface area contributed by atoms with Crippen molar-refractivity contribution in [3.63, 3.8) is 0 Å². The smallest absolute Gasteiger partial charge is 0.161 e. The van der Waals surface area contributed by atoms with E-state index >= 15 is 0 Å². The van der Waals surface area contributed by atoms with Gasteiger partial charge in [-0.25, -0.2) is 0 Å². The van der Waals surface area contributed by atoms with Gasteiger partial charge in [0.25, 0.3) is 0 Å². The van der Waals surface area contributed by atoms with Gasteiger partial charge in [0, 0.05) is 25.7 Å². The fourth-order valence-corrected chi connectivity index (χ4v) is 2.75. The molecule has 23 heavy (non-hydrogen) atoms. The van der Waals surface area contributed by atoms with Crippen LogP contribution in [0.2, 0.25) is 0 Å². The molecule has 0 aromatic heterocycles. The second-order valence-electron chi connectivity index (χ2n) is 5.62. The highest BCUT2D eigenvalue weighted by Gasteiger charge is 2.16. The van der Waals surface area contributed by atoms with E-state index in [1.54, 1.807) is 0 Å². The minimum atomic E-state index is 0.325. The van der Waals surface area contributed by atoms with E-state index in [2.05, 4.69) is 34.9 Å². The van der Waals surface area contributed by atoms with Crippen molar-refractivity contribution >= 4 is 0 Å². The number of hydrogen-bond donors (Lipinski definition) is 2. The highest BCUT2D eigenvalue weighted by Crippen LogP contribution is 2.31. The van der Waals surface area contributed by atoms with Gasteiger partial charge < -0.3 is 20.1 Å². The molecule has 0 amide bonds. The van der Waals surface area contributed by atoms with E-state index in [0.717, 1.165) is 36.7 Å². The van der Waals surface area contributed by atoms with Gasteiger partial charge in [-0.2, -0.15) is 0 Å². The fraction of sp³-hybridized carbons (Fsp3) is 0.368. The summed E-state index contributed by atoms with van der Waals surface area (Å²) in [5.41, 5.74) is 2.38. The van der Waals surface area contributed by atoms with E-state index in [4.69, 9.17) is 9.47 Å². The molecule has 0 spiro atoms. The maximum atomic E-state index is 5.96. The van der Waals surface area contributed by atoms with Gasteiger partial charge in [0.2, 0.25) is 0 Å². The van der Waals surface area contributed by atoms with Crippen LogP contribution >= 0.6 is 0 Å². The summed E-state index contributed by atoms with van der Waals surface area (Å²) in [6, 6.07) is 16.7. The minimum Gasteiger partial charge on any atom is -0.490 e. The number of hydrogen-bond acceptors (Lipinski definition) is 4. The van der Waals surface area contributed by atoms with Gasteiger partial charge in [-0.05, 0) is 30.2 Å². The van der Waals surface area contributed by atoms with Crippen molar-refractivity contribution in [1.82, 2.24) is 10.6 Å². The molecule has 1 heterocycles. The molecule has 3 rings (SSSR count). The fourth-order valence-electron chi connectivity index (χ4n) is 2.75. The summed E-state index contributed by atoms with van der Waals surface area (Å²) in [6.45, 7) is 6.11. The van der Waals surface area contributed by atoms with Crippen molar-refractivity contribution in [2.24, 2.45) is 0 Å². The van der Waals surface area contributed by atoms with Crippen molar-refractivity contribution in [3.05, 3.63) is 59.7 Å². The van der Waals surface area contributed by atoms with Crippen molar-refractivity contribution in [1.29, 1.82) is 0 Å². The molecular weight excluding hydrogens is 288 g/mol. The summed E-state index contributed by atoms with van der Waals surface area (Å²) in [5.74, 6) is 1.61. The Bertz CT molecular complexity index is 610. The standard InChI is InChI=1S/C19H24N2O2/c1-2-22-19-12-16(17-13-20-10-11-21-17)8-9-18(19)23-14-15-6-4-3-5-7-15/h3-9,12,17,20-21H,2,10-11,13-14H2,1H3/t17-/m0/s1. The second-order valence-corrected chi connectivity index (χ2v) is 5.62. The molecule has 122 valence electrons. The Hall–Kier alpha value is -2.04. The van der Waals surface area contributed by atoms with Gasteiger partial charge in [-0.3, -0.25) is 0 Å². The largest absolute Gasteiger partial charge is 0.490 e. The molecule has 0 aliphatic carbocycles. The lowest BCUT2D eigenvalue weighted by Gasteiger charge is -2.25. The zero-order chi connectivity index (χ0) is 15.9. The third kappa shape index (κ3) is 4.24. The third-order valence-electron chi connectivity index (χ3n) is 3.95. The van der Waals surface area contributed by atoms with Crippen LogP contribution in [0.1, 0.15) is 24.1 Å². The first-order valence-electron chi connectivity index (χ1n) is 8.24. The molecule has 2 N–H and O–H groups in total. The molecule has 0 bridgehead atoms. The molecule has 4 nitrogen and oxygen atoms in total. The molecule has 1 fully saturated rings. The molecule has 0 radical (unpaired) electrons. The molecule has 0 unspecified atom stereocenters. The number of piperazine rings is 1. The Balaban J connectivity index is 1.73. The highest BCUT2D eigenvalue weighted by atomic mass is 16.5. The summed E-state index contributed by atoms with van der Waals surface area (Å²) in [5, 5.41) is 6.93. The Kier molecular flexibility index (Phi) is 5.51. The Labute approximate surface area is 137 Å². The van der Waals surface area contributed by atoms with Gasteiger partial charge in [0.15, 0.2) is 11.5 Å². The molecule has 0 saturated carbocycles. The average molecular weight is 312 g/mol.